The fraction of sp³-hybridized carbons (Fsp3) is 0.471. The average molecular weight is 315 g/mol. The number of nitrogens with zero attached hydrogens (tertiary/aromatic N) is 2. The van der Waals surface area contributed by atoms with Crippen molar-refractivity contribution in [1.82, 2.24) is 10.2 Å². The SMILES string of the molecule is COc1ccc(CN2C[C@@H](C(=O)N[C@@H](C)CC#N)CC2=O)cc1. The summed E-state index contributed by atoms with van der Waals surface area (Å²) in [6, 6.07) is 9.35. The van der Waals surface area contributed by atoms with Crippen molar-refractivity contribution in [3.05, 3.63) is 29.8 Å². The minimum absolute atomic E-state index is 0.0195. The number of amides is 2. The molecule has 1 aromatic rings. The predicted octanol–water partition coefficient (Wildman–Crippen LogP) is 1.46. The van der Waals surface area contributed by atoms with Crippen molar-refractivity contribution < 1.29 is 14.3 Å². The van der Waals surface area contributed by atoms with E-state index in [-0.39, 0.29) is 36.6 Å². The zero-order valence-corrected chi connectivity index (χ0v) is 13.4. The zero-order chi connectivity index (χ0) is 16.8. The van der Waals surface area contributed by atoms with Crippen molar-refractivity contribution >= 4 is 11.8 Å². The third-order valence-electron chi connectivity index (χ3n) is 3.90. The number of carbonyl (C=O) groups excluding carboxylic acids is 2. The van der Waals surface area contributed by atoms with Crippen LogP contribution < -0.4 is 10.1 Å². The predicted molar refractivity (Wildman–Crippen MR) is 84.4 cm³/mol. The Hall–Kier alpha value is -2.55. The number of ether oxygens (including phenoxy) is 1. The van der Waals surface area contributed by atoms with Gasteiger partial charge in [0.1, 0.15) is 5.75 Å². The Bertz CT molecular complexity index is 607. The van der Waals surface area contributed by atoms with Gasteiger partial charge in [0.2, 0.25) is 11.8 Å². The van der Waals surface area contributed by atoms with Crippen LogP contribution in [0, 0.1) is 17.2 Å². The van der Waals surface area contributed by atoms with E-state index >= 15 is 0 Å². The van der Waals surface area contributed by atoms with Crippen molar-refractivity contribution in [1.29, 1.82) is 5.26 Å². The van der Waals surface area contributed by atoms with Crippen LogP contribution in [0.5, 0.6) is 5.75 Å². The molecule has 0 aromatic heterocycles. The summed E-state index contributed by atoms with van der Waals surface area (Å²) in [5.74, 6) is 0.249. The molecule has 1 N–H and O–H groups in total. The van der Waals surface area contributed by atoms with Crippen molar-refractivity contribution in [2.45, 2.75) is 32.4 Å². The lowest BCUT2D eigenvalue weighted by Crippen LogP contribution is -2.38. The highest BCUT2D eigenvalue weighted by Gasteiger charge is 2.34. The van der Waals surface area contributed by atoms with Crippen LogP contribution in [0.1, 0.15) is 25.3 Å². The van der Waals surface area contributed by atoms with Crippen molar-refractivity contribution in [3.63, 3.8) is 0 Å². The first kappa shape index (κ1) is 16.8. The zero-order valence-electron chi connectivity index (χ0n) is 13.4. The first-order valence-corrected chi connectivity index (χ1v) is 7.61. The van der Waals surface area contributed by atoms with Gasteiger partial charge in [0, 0.05) is 25.6 Å². The van der Waals surface area contributed by atoms with Crippen LogP contribution >= 0.6 is 0 Å². The highest BCUT2D eigenvalue weighted by Crippen LogP contribution is 2.21. The summed E-state index contributed by atoms with van der Waals surface area (Å²) in [4.78, 5) is 25.9. The summed E-state index contributed by atoms with van der Waals surface area (Å²) in [6.07, 6.45) is 0.489. The molecule has 2 rings (SSSR count). The molecule has 2 atom stereocenters. The lowest BCUT2D eigenvalue weighted by atomic mass is 10.1. The molecule has 0 radical (unpaired) electrons. The summed E-state index contributed by atoms with van der Waals surface area (Å²) in [5, 5.41) is 11.4. The molecule has 1 fully saturated rings. The Balaban J connectivity index is 1.91. The molecule has 1 saturated heterocycles. The van der Waals surface area contributed by atoms with Crippen molar-refractivity contribution in [2.75, 3.05) is 13.7 Å². The second kappa shape index (κ2) is 7.63. The van der Waals surface area contributed by atoms with Crippen LogP contribution in [0.3, 0.4) is 0 Å². The fourth-order valence-corrected chi connectivity index (χ4v) is 2.60. The number of nitriles is 1. The minimum Gasteiger partial charge on any atom is -0.497 e. The molecule has 6 nitrogen and oxygen atoms in total. The average Bonchev–Trinajstić information content (AvgIpc) is 2.89. The second-order valence-electron chi connectivity index (χ2n) is 5.80. The molecule has 0 aliphatic carbocycles. The van der Waals surface area contributed by atoms with E-state index in [1.807, 2.05) is 30.3 Å². The van der Waals surface area contributed by atoms with Crippen molar-refractivity contribution in [2.24, 2.45) is 5.92 Å². The quantitative estimate of drug-likeness (QED) is 0.861. The van der Waals surface area contributed by atoms with Gasteiger partial charge in [0.15, 0.2) is 0 Å². The van der Waals surface area contributed by atoms with E-state index in [1.54, 1.807) is 18.9 Å². The molecule has 6 heteroatoms. The normalized spacial score (nSPS) is 18.4. The van der Waals surface area contributed by atoms with E-state index in [0.717, 1.165) is 11.3 Å². The van der Waals surface area contributed by atoms with Gasteiger partial charge in [-0.25, -0.2) is 0 Å². The van der Waals surface area contributed by atoms with Gasteiger partial charge in [0.05, 0.1) is 25.5 Å². The van der Waals surface area contributed by atoms with E-state index in [2.05, 4.69) is 5.32 Å². The van der Waals surface area contributed by atoms with Crippen LogP contribution in [0.25, 0.3) is 0 Å². The van der Waals surface area contributed by atoms with Crippen LogP contribution in [0.2, 0.25) is 0 Å². The molecule has 1 aliphatic rings. The first-order valence-electron chi connectivity index (χ1n) is 7.61. The monoisotopic (exact) mass is 315 g/mol. The number of methoxy groups -OCH3 is 1. The number of likely N-dealkylation sites (tertiary alicyclic amines) is 1. The molecule has 1 aromatic carbocycles. The van der Waals surface area contributed by atoms with E-state index in [0.29, 0.717) is 13.1 Å². The van der Waals surface area contributed by atoms with Crippen LogP contribution in [-0.2, 0) is 16.1 Å². The van der Waals surface area contributed by atoms with E-state index in [9.17, 15) is 9.59 Å². The molecule has 122 valence electrons. The highest BCUT2D eigenvalue weighted by molar-refractivity contribution is 5.89. The standard InChI is InChI=1S/C17H21N3O3/c1-12(7-8-18)19-17(22)14-9-16(21)20(11-14)10-13-3-5-15(23-2)6-4-13/h3-6,12,14H,7,9-11H2,1-2H3,(H,19,22)/t12-,14-/m0/s1. The summed E-state index contributed by atoms with van der Waals surface area (Å²) in [7, 11) is 1.61. The molecule has 1 aliphatic heterocycles. The highest BCUT2D eigenvalue weighted by atomic mass is 16.5. The van der Waals surface area contributed by atoms with E-state index in [4.69, 9.17) is 10.00 Å². The van der Waals surface area contributed by atoms with Gasteiger partial charge in [-0.15, -0.1) is 0 Å². The maximum absolute atomic E-state index is 12.1. The topological polar surface area (TPSA) is 82.4 Å². The number of hydrogen-bond acceptors (Lipinski definition) is 4. The summed E-state index contributed by atoms with van der Waals surface area (Å²) >= 11 is 0. The number of benzene rings is 1. The Labute approximate surface area is 136 Å². The lowest BCUT2D eigenvalue weighted by Gasteiger charge is -2.18. The Morgan fingerprint density at radius 1 is 1.48 bits per heavy atom. The molecule has 0 unspecified atom stereocenters. The van der Waals surface area contributed by atoms with Crippen LogP contribution in [0.4, 0.5) is 0 Å². The first-order chi connectivity index (χ1) is 11.0. The number of hydrogen-bond donors (Lipinski definition) is 1. The summed E-state index contributed by atoms with van der Waals surface area (Å²) in [6.45, 7) is 2.68. The van der Waals surface area contributed by atoms with Gasteiger partial charge in [0.25, 0.3) is 0 Å². The van der Waals surface area contributed by atoms with E-state index < -0.39 is 0 Å². The van der Waals surface area contributed by atoms with Gasteiger partial charge < -0.3 is 15.0 Å². The molecule has 1 heterocycles. The fourth-order valence-electron chi connectivity index (χ4n) is 2.60. The molecule has 0 saturated carbocycles. The molecular formula is C17H21N3O3. The molecule has 0 spiro atoms. The van der Waals surface area contributed by atoms with Gasteiger partial charge in [-0.1, -0.05) is 12.1 Å². The Morgan fingerprint density at radius 3 is 2.78 bits per heavy atom. The van der Waals surface area contributed by atoms with Gasteiger partial charge >= 0.3 is 0 Å². The summed E-state index contributed by atoms with van der Waals surface area (Å²) in [5.41, 5.74) is 0.998. The minimum atomic E-state index is -0.345. The van der Waals surface area contributed by atoms with Crippen LogP contribution in [-0.4, -0.2) is 36.4 Å². The molecule has 2 amide bonds. The largest absolute Gasteiger partial charge is 0.497 e. The number of rotatable bonds is 6. The van der Waals surface area contributed by atoms with E-state index in [1.165, 1.54) is 0 Å². The number of carbonyl (C=O) groups is 2. The Morgan fingerprint density at radius 2 is 2.17 bits per heavy atom. The third kappa shape index (κ3) is 4.46. The van der Waals surface area contributed by atoms with Gasteiger partial charge in [-0.05, 0) is 24.6 Å². The van der Waals surface area contributed by atoms with Crippen molar-refractivity contribution in [3.8, 4) is 11.8 Å². The molecule has 0 bridgehead atoms. The maximum Gasteiger partial charge on any atom is 0.225 e. The lowest BCUT2D eigenvalue weighted by molar-refractivity contribution is -0.129. The van der Waals surface area contributed by atoms with Gasteiger partial charge in [-0.3, -0.25) is 9.59 Å². The Kier molecular flexibility index (Phi) is 5.58. The smallest absolute Gasteiger partial charge is 0.225 e. The summed E-state index contributed by atoms with van der Waals surface area (Å²) < 4.78 is 5.11. The molecule has 23 heavy (non-hydrogen) atoms. The maximum atomic E-state index is 12.1. The van der Waals surface area contributed by atoms with Gasteiger partial charge in [-0.2, -0.15) is 5.26 Å². The number of nitrogens with one attached hydrogen (secondary N) is 1. The third-order valence-corrected chi connectivity index (χ3v) is 3.90. The van der Waals surface area contributed by atoms with Crippen LogP contribution in [0.15, 0.2) is 24.3 Å². The second-order valence-corrected chi connectivity index (χ2v) is 5.80. The molecular weight excluding hydrogens is 294 g/mol.